The van der Waals surface area contributed by atoms with Crippen LogP contribution >= 0.6 is 0 Å². The number of nitrogens with one attached hydrogen (secondary N) is 1. The van der Waals surface area contributed by atoms with E-state index in [-0.39, 0.29) is 25.0 Å². The van der Waals surface area contributed by atoms with Crippen LogP contribution in [0.5, 0.6) is 0 Å². The number of carbonyl (C=O) groups excluding carboxylic acids is 2. The fourth-order valence-corrected chi connectivity index (χ4v) is 5.78. The topological polar surface area (TPSA) is 86.8 Å². The Morgan fingerprint density at radius 2 is 1.56 bits per heavy atom. The van der Waals surface area contributed by atoms with Crippen molar-refractivity contribution in [3.05, 3.63) is 64.7 Å². The summed E-state index contributed by atoms with van der Waals surface area (Å²) in [5.41, 5.74) is 4.01. The van der Waals surface area contributed by atoms with Crippen LogP contribution in [0.25, 0.3) is 0 Å². The van der Waals surface area contributed by atoms with Gasteiger partial charge in [0.15, 0.2) is 0 Å². The van der Waals surface area contributed by atoms with Gasteiger partial charge in [0.05, 0.1) is 11.9 Å². The Morgan fingerprint density at radius 3 is 2.11 bits per heavy atom. The van der Waals surface area contributed by atoms with E-state index in [1.807, 2.05) is 63.2 Å². The molecule has 0 unspecified atom stereocenters. The lowest BCUT2D eigenvalue weighted by molar-refractivity contribution is -0.139. The van der Waals surface area contributed by atoms with Gasteiger partial charge in [0.1, 0.15) is 12.6 Å². The van der Waals surface area contributed by atoms with Gasteiger partial charge in [-0.25, -0.2) is 8.42 Å². The molecule has 3 rings (SSSR count). The normalized spacial score (nSPS) is 15.2. The number of rotatable bonds is 9. The molecule has 0 aliphatic heterocycles. The maximum atomic E-state index is 13.7. The highest BCUT2D eigenvalue weighted by Gasteiger charge is 2.32. The molecule has 1 fully saturated rings. The molecule has 36 heavy (non-hydrogen) atoms. The van der Waals surface area contributed by atoms with E-state index in [1.165, 1.54) is 11.3 Å². The highest BCUT2D eigenvalue weighted by molar-refractivity contribution is 7.92. The van der Waals surface area contributed by atoms with Crippen LogP contribution in [0, 0.1) is 20.8 Å². The Bertz CT molecular complexity index is 1150. The van der Waals surface area contributed by atoms with Gasteiger partial charge in [0.25, 0.3) is 0 Å². The Morgan fingerprint density at radius 1 is 0.972 bits per heavy atom. The molecule has 0 aromatic heterocycles. The minimum absolute atomic E-state index is 0.118. The summed E-state index contributed by atoms with van der Waals surface area (Å²) in [7, 11) is -3.75. The second-order valence-corrected chi connectivity index (χ2v) is 11.9. The molecule has 0 spiro atoms. The second-order valence-electron chi connectivity index (χ2n) is 10.0. The summed E-state index contributed by atoms with van der Waals surface area (Å²) in [5, 5.41) is 3.12. The van der Waals surface area contributed by atoms with Gasteiger partial charge in [0, 0.05) is 12.6 Å². The Labute approximate surface area is 215 Å². The number of sulfonamides is 1. The number of para-hydroxylation sites is 1. The van der Waals surface area contributed by atoms with Gasteiger partial charge in [-0.3, -0.25) is 13.9 Å². The van der Waals surface area contributed by atoms with Crippen molar-refractivity contribution in [3.8, 4) is 0 Å². The minimum Gasteiger partial charge on any atom is -0.352 e. The summed E-state index contributed by atoms with van der Waals surface area (Å²) in [5.74, 6) is -0.629. The molecule has 0 radical (unpaired) electrons. The number of aryl methyl sites for hydroxylation is 3. The van der Waals surface area contributed by atoms with E-state index in [0.717, 1.165) is 58.5 Å². The van der Waals surface area contributed by atoms with Crippen LogP contribution in [0.2, 0.25) is 0 Å². The molecule has 2 aromatic rings. The van der Waals surface area contributed by atoms with Gasteiger partial charge >= 0.3 is 0 Å². The zero-order valence-electron chi connectivity index (χ0n) is 22.1. The average Bonchev–Trinajstić information content (AvgIpc) is 2.82. The summed E-state index contributed by atoms with van der Waals surface area (Å²) in [6.07, 6.45) is 6.35. The standard InChI is InChI=1S/C28H39N3O4S/c1-20-14-16-24(17-15-20)18-30(23(4)28(33)29-25-12-7-6-8-13-25)26(32)19-31(36(5,34)35)27-21(2)10-9-11-22(27)3/h9-11,14-17,23,25H,6-8,12-13,18-19H2,1-5H3,(H,29,33)/t23-/m1/s1. The molecule has 1 N–H and O–H groups in total. The number of hydrogen-bond acceptors (Lipinski definition) is 4. The minimum atomic E-state index is -3.75. The lowest BCUT2D eigenvalue weighted by atomic mass is 9.95. The van der Waals surface area contributed by atoms with E-state index in [0.29, 0.717) is 5.69 Å². The van der Waals surface area contributed by atoms with Crippen molar-refractivity contribution in [1.29, 1.82) is 0 Å². The number of nitrogens with zero attached hydrogens (tertiary/aromatic N) is 2. The van der Waals surface area contributed by atoms with E-state index in [2.05, 4.69) is 5.32 Å². The van der Waals surface area contributed by atoms with Crippen molar-refractivity contribution in [2.24, 2.45) is 0 Å². The zero-order valence-corrected chi connectivity index (χ0v) is 22.9. The first-order valence-electron chi connectivity index (χ1n) is 12.7. The first-order chi connectivity index (χ1) is 17.0. The maximum Gasteiger partial charge on any atom is 0.244 e. The third-order valence-electron chi connectivity index (χ3n) is 6.96. The molecular formula is C28H39N3O4S. The third kappa shape index (κ3) is 7.09. The van der Waals surface area contributed by atoms with Crippen LogP contribution in [0.4, 0.5) is 5.69 Å². The van der Waals surface area contributed by atoms with Crippen molar-refractivity contribution < 1.29 is 18.0 Å². The first kappa shape index (κ1) is 27.7. The summed E-state index contributed by atoms with van der Waals surface area (Å²) < 4.78 is 26.8. The van der Waals surface area contributed by atoms with Gasteiger partial charge in [-0.2, -0.15) is 0 Å². The van der Waals surface area contributed by atoms with Crippen molar-refractivity contribution in [2.75, 3.05) is 17.1 Å². The Hall–Kier alpha value is -2.87. The molecule has 0 heterocycles. The molecule has 0 bridgehead atoms. The van der Waals surface area contributed by atoms with Gasteiger partial charge in [-0.05, 0) is 57.2 Å². The lowest BCUT2D eigenvalue weighted by Gasteiger charge is -2.33. The van der Waals surface area contributed by atoms with Crippen LogP contribution in [-0.2, 0) is 26.2 Å². The predicted octanol–water partition coefficient (Wildman–Crippen LogP) is 4.24. The van der Waals surface area contributed by atoms with Gasteiger partial charge in [0.2, 0.25) is 21.8 Å². The van der Waals surface area contributed by atoms with E-state index in [4.69, 9.17) is 0 Å². The number of benzene rings is 2. The van der Waals surface area contributed by atoms with E-state index >= 15 is 0 Å². The lowest BCUT2D eigenvalue weighted by Crippen LogP contribution is -2.53. The van der Waals surface area contributed by atoms with Crippen LogP contribution < -0.4 is 9.62 Å². The van der Waals surface area contributed by atoms with E-state index < -0.39 is 22.0 Å². The monoisotopic (exact) mass is 513 g/mol. The summed E-state index contributed by atoms with van der Waals surface area (Å²) >= 11 is 0. The highest BCUT2D eigenvalue weighted by Crippen LogP contribution is 2.27. The number of amides is 2. The zero-order chi connectivity index (χ0) is 26.5. The predicted molar refractivity (Wildman–Crippen MR) is 144 cm³/mol. The number of anilines is 1. The molecule has 0 saturated heterocycles. The molecule has 2 aromatic carbocycles. The molecule has 1 aliphatic rings. The summed E-state index contributed by atoms with van der Waals surface area (Å²) in [4.78, 5) is 28.5. The first-order valence-corrected chi connectivity index (χ1v) is 14.5. The molecule has 1 aliphatic carbocycles. The Balaban J connectivity index is 1.90. The Kier molecular flexibility index (Phi) is 9.17. The van der Waals surface area contributed by atoms with Crippen molar-refractivity contribution in [3.63, 3.8) is 0 Å². The largest absolute Gasteiger partial charge is 0.352 e. The maximum absolute atomic E-state index is 13.7. The van der Waals surface area contributed by atoms with Gasteiger partial charge < -0.3 is 10.2 Å². The summed E-state index contributed by atoms with van der Waals surface area (Å²) in [6, 6.07) is 12.7. The van der Waals surface area contributed by atoms with Crippen molar-refractivity contribution in [1.82, 2.24) is 10.2 Å². The molecule has 196 valence electrons. The second kappa shape index (κ2) is 11.9. The van der Waals surface area contributed by atoms with Gasteiger partial charge in [-0.1, -0.05) is 67.3 Å². The van der Waals surface area contributed by atoms with E-state index in [1.54, 1.807) is 6.92 Å². The van der Waals surface area contributed by atoms with Crippen LogP contribution in [0.1, 0.15) is 61.3 Å². The molecule has 7 nitrogen and oxygen atoms in total. The van der Waals surface area contributed by atoms with Crippen LogP contribution in [0.15, 0.2) is 42.5 Å². The third-order valence-corrected chi connectivity index (χ3v) is 8.07. The quantitative estimate of drug-likeness (QED) is 0.543. The van der Waals surface area contributed by atoms with Crippen molar-refractivity contribution in [2.45, 2.75) is 78.4 Å². The van der Waals surface area contributed by atoms with Crippen LogP contribution in [-0.4, -0.2) is 50.0 Å². The number of carbonyl (C=O) groups is 2. The van der Waals surface area contributed by atoms with Gasteiger partial charge in [-0.15, -0.1) is 0 Å². The van der Waals surface area contributed by atoms with Crippen LogP contribution in [0.3, 0.4) is 0 Å². The van der Waals surface area contributed by atoms with Crippen molar-refractivity contribution >= 4 is 27.5 Å². The highest BCUT2D eigenvalue weighted by atomic mass is 32.2. The van der Waals surface area contributed by atoms with E-state index in [9.17, 15) is 18.0 Å². The fraction of sp³-hybridized carbons (Fsp3) is 0.500. The SMILES string of the molecule is Cc1ccc(CN(C(=O)CN(c2c(C)cccc2C)S(C)(=O)=O)[C@H](C)C(=O)NC2CCCCC2)cc1. The molecule has 1 saturated carbocycles. The molecule has 8 heteroatoms. The molecule has 2 amide bonds. The molecular weight excluding hydrogens is 474 g/mol. The molecule has 1 atom stereocenters. The fourth-order valence-electron chi connectivity index (χ4n) is 4.82. The average molecular weight is 514 g/mol. The smallest absolute Gasteiger partial charge is 0.244 e. The number of hydrogen-bond donors (Lipinski definition) is 1. The summed E-state index contributed by atoms with van der Waals surface area (Å²) in [6.45, 7) is 7.19.